The number of rotatable bonds is 4. The van der Waals surface area contributed by atoms with E-state index in [9.17, 15) is 14.4 Å². The van der Waals surface area contributed by atoms with Crippen molar-refractivity contribution in [3.8, 4) is 5.75 Å². The maximum atomic E-state index is 13.0. The second-order valence-electron chi connectivity index (χ2n) is 7.75. The number of benzene rings is 2. The molecule has 1 aliphatic carbocycles. The summed E-state index contributed by atoms with van der Waals surface area (Å²) in [7, 11) is 0. The van der Waals surface area contributed by atoms with Crippen molar-refractivity contribution in [3.63, 3.8) is 0 Å². The lowest BCUT2D eigenvalue weighted by Crippen LogP contribution is -2.31. The number of carbonyl (C=O) groups excluding carboxylic acids is 3. The molecule has 144 valence electrons. The van der Waals surface area contributed by atoms with E-state index in [0.717, 1.165) is 24.8 Å². The van der Waals surface area contributed by atoms with E-state index in [1.165, 1.54) is 4.90 Å². The summed E-state index contributed by atoms with van der Waals surface area (Å²) in [6.07, 6.45) is 2.56. The molecule has 2 amide bonds. The summed E-state index contributed by atoms with van der Waals surface area (Å²) in [6, 6.07) is 16.1. The molecule has 0 spiro atoms. The van der Waals surface area contributed by atoms with Crippen LogP contribution in [0.5, 0.6) is 5.75 Å². The van der Waals surface area contributed by atoms with Crippen molar-refractivity contribution in [3.05, 3.63) is 60.2 Å². The van der Waals surface area contributed by atoms with Gasteiger partial charge in [-0.15, -0.1) is 0 Å². The highest BCUT2D eigenvalue weighted by Crippen LogP contribution is 2.44. The molecule has 1 aliphatic heterocycles. The van der Waals surface area contributed by atoms with Crippen LogP contribution in [0.4, 0.5) is 5.69 Å². The quantitative estimate of drug-likeness (QED) is 0.462. The first kappa shape index (κ1) is 18.4. The molecule has 2 aromatic carbocycles. The SMILES string of the molecule is C[C@H]1CC[C@H]2C(=O)N(c3ccccc3OC(=O)Cc3ccccc3)C(=O)[C@@H]2C1. The van der Waals surface area contributed by atoms with Gasteiger partial charge < -0.3 is 4.74 Å². The molecule has 1 heterocycles. The molecular weight excluding hydrogens is 354 g/mol. The van der Waals surface area contributed by atoms with E-state index in [1.54, 1.807) is 24.3 Å². The zero-order valence-electron chi connectivity index (χ0n) is 15.8. The van der Waals surface area contributed by atoms with Crippen LogP contribution in [0.2, 0.25) is 0 Å². The highest BCUT2D eigenvalue weighted by molar-refractivity contribution is 6.22. The molecular formula is C23H23NO4. The molecule has 5 nitrogen and oxygen atoms in total. The van der Waals surface area contributed by atoms with E-state index in [1.807, 2.05) is 30.3 Å². The average molecular weight is 377 g/mol. The predicted molar refractivity (Wildman–Crippen MR) is 105 cm³/mol. The van der Waals surface area contributed by atoms with Crippen molar-refractivity contribution in [2.75, 3.05) is 4.90 Å². The van der Waals surface area contributed by atoms with E-state index in [-0.39, 0.29) is 35.8 Å². The Hall–Kier alpha value is -2.95. The molecule has 0 N–H and O–H groups in total. The lowest BCUT2D eigenvalue weighted by Gasteiger charge is -2.25. The fourth-order valence-electron chi connectivity index (χ4n) is 4.28. The largest absolute Gasteiger partial charge is 0.424 e. The molecule has 1 saturated heterocycles. The number of carbonyl (C=O) groups is 3. The minimum atomic E-state index is -0.427. The Morgan fingerprint density at radius 2 is 1.64 bits per heavy atom. The van der Waals surface area contributed by atoms with Crippen molar-refractivity contribution in [2.45, 2.75) is 32.6 Å². The van der Waals surface area contributed by atoms with Gasteiger partial charge in [0.1, 0.15) is 0 Å². The van der Waals surface area contributed by atoms with Gasteiger partial charge in [0.25, 0.3) is 0 Å². The van der Waals surface area contributed by atoms with Crippen LogP contribution in [0.25, 0.3) is 0 Å². The molecule has 2 aliphatic rings. The lowest BCUT2D eigenvalue weighted by molar-refractivity contribution is -0.133. The third kappa shape index (κ3) is 3.44. The molecule has 0 aromatic heterocycles. The van der Waals surface area contributed by atoms with Gasteiger partial charge in [0, 0.05) is 0 Å². The number of hydrogen-bond donors (Lipinski definition) is 0. The van der Waals surface area contributed by atoms with Gasteiger partial charge in [-0.1, -0.05) is 49.4 Å². The third-order valence-corrected chi connectivity index (χ3v) is 5.71. The molecule has 3 atom stereocenters. The van der Waals surface area contributed by atoms with Crippen molar-refractivity contribution in [1.29, 1.82) is 0 Å². The maximum Gasteiger partial charge on any atom is 0.315 e. The fourth-order valence-corrected chi connectivity index (χ4v) is 4.28. The predicted octanol–water partition coefficient (Wildman–Crippen LogP) is 3.76. The van der Waals surface area contributed by atoms with Gasteiger partial charge >= 0.3 is 5.97 Å². The van der Waals surface area contributed by atoms with E-state index < -0.39 is 5.97 Å². The summed E-state index contributed by atoms with van der Waals surface area (Å²) in [5.74, 6) is -0.597. The third-order valence-electron chi connectivity index (χ3n) is 5.71. The van der Waals surface area contributed by atoms with Crippen molar-refractivity contribution >= 4 is 23.5 Å². The summed E-state index contributed by atoms with van der Waals surface area (Å²) in [6.45, 7) is 2.12. The molecule has 28 heavy (non-hydrogen) atoms. The average Bonchev–Trinajstić information content (AvgIpc) is 2.93. The zero-order chi connectivity index (χ0) is 19.7. The van der Waals surface area contributed by atoms with Gasteiger partial charge in [0.05, 0.1) is 23.9 Å². The van der Waals surface area contributed by atoms with Crippen molar-refractivity contribution < 1.29 is 19.1 Å². The van der Waals surface area contributed by atoms with Crippen molar-refractivity contribution in [1.82, 2.24) is 0 Å². The number of para-hydroxylation sites is 2. The van der Waals surface area contributed by atoms with Gasteiger partial charge in [-0.05, 0) is 42.9 Å². The topological polar surface area (TPSA) is 63.7 Å². The smallest absolute Gasteiger partial charge is 0.315 e. The van der Waals surface area contributed by atoms with Crippen LogP contribution in [0.3, 0.4) is 0 Å². The van der Waals surface area contributed by atoms with Crippen LogP contribution in [0, 0.1) is 17.8 Å². The number of ether oxygens (including phenoxy) is 1. The fraction of sp³-hybridized carbons (Fsp3) is 0.348. The standard InChI is InChI=1S/C23H23NO4/c1-15-11-12-17-18(13-15)23(27)24(22(17)26)19-9-5-6-10-20(19)28-21(25)14-16-7-3-2-4-8-16/h2-10,15,17-18H,11-14H2,1H3/t15-,17+,18+/m0/s1. The molecule has 4 rings (SSSR count). The van der Waals surface area contributed by atoms with E-state index in [2.05, 4.69) is 6.92 Å². The Balaban J connectivity index is 1.57. The number of hydrogen-bond acceptors (Lipinski definition) is 4. The van der Waals surface area contributed by atoms with Gasteiger partial charge in [0.15, 0.2) is 5.75 Å². The number of imide groups is 1. The second kappa shape index (κ2) is 7.58. The van der Waals surface area contributed by atoms with E-state index in [4.69, 9.17) is 4.74 Å². The first-order valence-electron chi connectivity index (χ1n) is 9.76. The van der Waals surface area contributed by atoms with Crippen LogP contribution >= 0.6 is 0 Å². The highest BCUT2D eigenvalue weighted by atomic mass is 16.5. The van der Waals surface area contributed by atoms with Gasteiger partial charge in [-0.3, -0.25) is 14.4 Å². The summed E-state index contributed by atoms with van der Waals surface area (Å²) < 4.78 is 5.55. The Labute approximate surface area is 164 Å². The zero-order valence-corrected chi connectivity index (χ0v) is 15.8. The van der Waals surface area contributed by atoms with Crippen molar-refractivity contribution in [2.24, 2.45) is 17.8 Å². The number of nitrogens with zero attached hydrogens (tertiary/aromatic N) is 1. The summed E-state index contributed by atoms with van der Waals surface area (Å²) in [5.41, 5.74) is 1.21. The van der Waals surface area contributed by atoms with Crippen LogP contribution in [0.15, 0.2) is 54.6 Å². The molecule has 2 aromatic rings. The van der Waals surface area contributed by atoms with Crippen LogP contribution in [0.1, 0.15) is 31.7 Å². The molecule has 2 fully saturated rings. The summed E-state index contributed by atoms with van der Waals surface area (Å²) >= 11 is 0. The lowest BCUT2D eigenvalue weighted by atomic mass is 9.76. The number of fused-ring (bicyclic) bond motifs is 1. The minimum Gasteiger partial charge on any atom is -0.424 e. The number of esters is 1. The minimum absolute atomic E-state index is 0.125. The number of amides is 2. The van der Waals surface area contributed by atoms with E-state index in [0.29, 0.717) is 11.6 Å². The Morgan fingerprint density at radius 3 is 2.43 bits per heavy atom. The Bertz CT molecular complexity index is 908. The molecule has 0 bridgehead atoms. The monoisotopic (exact) mass is 377 g/mol. The number of anilines is 1. The van der Waals surface area contributed by atoms with Crippen LogP contribution < -0.4 is 9.64 Å². The maximum absolute atomic E-state index is 13.0. The Kier molecular flexibility index (Phi) is 4.99. The van der Waals surface area contributed by atoms with Crippen LogP contribution in [-0.4, -0.2) is 17.8 Å². The second-order valence-corrected chi connectivity index (χ2v) is 7.75. The van der Waals surface area contributed by atoms with Crippen LogP contribution in [-0.2, 0) is 20.8 Å². The molecule has 0 unspecified atom stereocenters. The Morgan fingerprint density at radius 1 is 0.964 bits per heavy atom. The molecule has 0 radical (unpaired) electrons. The summed E-state index contributed by atoms with van der Waals surface area (Å²) in [4.78, 5) is 39.6. The molecule has 5 heteroatoms. The van der Waals surface area contributed by atoms with Gasteiger partial charge in [-0.2, -0.15) is 0 Å². The normalized spacial score (nSPS) is 24.2. The summed E-state index contributed by atoms with van der Waals surface area (Å²) in [5, 5.41) is 0. The van der Waals surface area contributed by atoms with Gasteiger partial charge in [-0.25, -0.2) is 4.90 Å². The van der Waals surface area contributed by atoms with Gasteiger partial charge in [0.2, 0.25) is 11.8 Å². The first-order chi connectivity index (χ1) is 13.5. The molecule has 1 saturated carbocycles. The highest BCUT2D eigenvalue weighted by Gasteiger charge is 2.50. The first-order valence-corrected chi connectivity index (χ1v) is 9.76. The van der Waals surface area contributed by atoms with E-state index >= 15 is 0 Å².